The molecule has 1 aromatic carbocycles. The Labute approximate surface area is 165 Å². The minimum atomic E-state index is -1.88. The zero-order chi connectivity index (χ0) is 21.2. The molecule has 0 fully saturated rings. The van der Waals surface area contributed by atoms with E-state index in [4.69, 9.17) is 0 Å². The molecule has 0 spiro atoms. The van der Waals surface area contributed by atoms with Crippen LogP contribution in [0.2, 0.25) is 58.9 Å². The van der Waals surface area contributed by atoms with E-state index in [2.05, 4.69) is 34.4 Å². The van der Waals surface area contributed by atoms with E-state index in [0.717, 1.165) is 0 Å². The van der Waals surface area contributed by atoms with Crippen LogP contribution in [0.5, 0.6) is 0 Å². The lowest BCUT2D eigenvalue weighted by molar-refractivity contribution is 0.531. The Bertz CT molecular complexity index is 779. The Hall–Kier alpha value is -1.66. The molecule has 0 amide bonds. The number of benzene rings is 1. The van der Waals surface area contributed by atoms with Gasteiger partial charge in [0.2, 0.25) is 0 Å². The number of hydrogen-bond acceptors (Lipinski definition) is 0. The van der Waals surface area contributed by atoms with Crippen molar-refractivity contribution < 1.29 is 13.2 Å². The maximum atomic E-state index is 14.9. The van der Waals surface area contributed by atoms with Crippen LogP contribution >= 0.6 is 0 Å². The summed E-state index contributed by atoms with van der Waals surface area (Å²) in [6.45, 7) is 17.7. The van der Waals surface area contributed by atoms with Crippen molar-refractivity contribution in [2.24, 2.45) is 0 Å². The molecule has 0 aromatic heterocycles. The van der Waals surface area contributed by atoms with Crippen molar-refractivity contribution in [2.75, 3.05) is 0 Å². The molecule has 6 heteroatoms. The highest BCUT2D eigenvalue weighted by Crippen LogP contribution is 2.24. The van der Waals surface area contributed by atoms with Gasteiger partial charge in [0.05, 0.1) is 16.7 Å². The summed E-state index contributed by atoms with van der Waals surface area (Å²) < 4.78 is 44.7. The second kappa shape index (κ2) is 8.15. The molecule has 1 aromatic rings. The summed E-state index contributed by atoms with van der Waals surface area (Å²) in [4.78, 5) is 0. The van der Waals surface area contributed by atoms with Crippen LogP contribution in [-0.2, 0) is 0 Å². The molecule has 144 valence electrons. The Morgan fingerprint density at radius 1 is 0.444 bits per heavy atom. The first-order valence-corrected chi connectivity index (χ1v) is 19.3. The highest BCUT2D eigenvalue weighted by molar-refractivity contribution is 6.84. The van der Waals surface area contributed by atoms with Gasteiger partial charge in [-0.1, -0.05) is 76.7 Å². The van der Waals surface area contributed by atoms with Crippen LogP contribution in [0, 0.1) is 51.8 Å². The fourth-order valence-corrected chi connectivity index (χ4v) is 3.24. The van der Waals surface area contributed by atoms with E-state index in [1.807, 2.05) is 58.9 Å². The number of rotatable bonds is 0. The van der Waals surface area contributed by atoms with E-state index in [1.165, 1.54) is 0 Å². The highest BCUT2D eigenvalue weighted by Gasteiger charge is 2.24. The summed E-state index contributed by atoms with van der Waals surface area (Å²) in [7, 11) is -5.63. The van der Waals surface area contributed by atoms with Crippen molar-refractivity contribution in [3.63, 3.8) is 0 Å². The summed E-state index contributed by atoms with van der Waals surface area (Å²) in [5.41, 5.74) is 7.54. The van der Waals surface area contributed by atoms with Gasteiger partial charge in [0.1, 0.15) is 24.2 Å². The average molecular weight is 421 g/mol. The topological polar surface area (TPSA) is 0 Å². The number of hydrogen-bond donors (Lipinski definition) is 0. The van der Waals surface area contributed by atoms with Crippen molar-refractivity contribution in [3.8, 4) is 34.4 Å². The standard InChI is InChI=1S/C21H27F3Si3/c1-25(2,3)13-10-16-19(22)17(11-14-26(4,5)6)21(24)18(20(16)23)12-15-27(7,8)9/h1-9H3. The van der Waals surface area contributed by atoms with Crippen LogP contribution in [0.3, 0.4) is 0 Å². The molecule has 0 aliphatic rings. The fourth-order valence-electron chi connectivity index (χ4n) is 1.74. The predicted molar refractivity (Wildman–Crippen MR) is 117 cm³/mol. The van der Waals surface area contributed by atoms with Gasteiger partial charge in [-0.25, -0.2) is 13.2 Å². The summed E-state index contributed by atoms with van der Waals surface area (Å²) in [6.07, 6.45) is 0. The van der Waals surface area contributed by atoms with Crippen molar-refractivity contribution in [1.29, 1.82) is 0 Å². The Morgan fingerprint density at radius 3 is 0.778 bits per heavy atom. The van der Waals surface area contributed by atoms with Gasteiger partial charge in [-0.05, 0) is 0 Å². The Kier molecular flexibility index (Phi) is 7.06. The molecule has 1 rings (SSSR count). The van der Waals surface area contributed by atoms with Crippen LogP contribution in [0.25, 0.3) is 0 Å². The summed E-state index contributed by atoms with van der Waals surface area (Å²) in [6, 6.07) is 0. The van der Waals surface area contributed by atoms with Crippen molar-refractivity contribution in [2.45, 2.75) is 58.9 Å². The predicted octanol–water partition coefficient (Wildman–Crippen LogP) is 5.79. The summed E-state index contributed by atoms with van der Waals surface area (Å²) in [5.74, 6) is 4.73. The van der Waals surface area contributed by atoms with Gasteiger partial charge in [-0.3, -0.25) is 0 Å². The normalized spacial score (nSPS) is 11.6. The quantitative estimate of drug-likeness (QED) is 0.368. The number of halogens is 3. The maximum absolute atomic E-state index is 14.9. The smallest absolute Gasteiger partial charge is 0.160 e. The van der Waals surface area contributed by atoms with Gasteiger partial charge in [0.15, 0.2) is 17.5 Å². The second-order valence-corrected chi connectivity index (χ2v) is 23.8. The van der Waals surface area contributed by atoms with Gasteiger partial charge in [0.25, 0.3) is 0 Å². The molecular formula is C21H27F3Si3. The van der Waals surface area contributed by atoms with Crippen molar-refractivity contribution in [1.82, 2.24) is 0 Å². The van der Waals surface area contributed by atoms with Crippen molar-refractivity contribution >= 4 is 24.2 Å². The third kappa shape index (κ3) is 7.47. The molecule has 0 saturated heterocycles. The molecule has 0 atom stereocenters. The third-order valence-electron chi connectivity index (χ3n) is 3.00. The lowest BCUT2D eigenvalue weighted by atomic mass is 10.0. The van der Waals surface area contributed by atoms with E-state index in [0.29, 0.717) is 0 Å². The SMILES string of the molecule is C[Si](C)(C)C#Cc1c(F)c(C#C[Si](C)(C)C)c(F)c(C#C[Si](C)(C)C)c1F. The lowest BCUT2D eigenvalue weighted by Gasteiger charge is -2.10. The molecule has 0 unspecified atom stereocenters. The minimum absolute atomic E-state index is 0.432. The minimum Gasteiger partial charge on any atom is -0.204 e. The lowest BCUT2D eigenvalue weighted by Crippen LogP contribution is -2.18. The largest absolute Gasteiger partial charge is 0.204 e. The third-order valence-corrected chi connectivity index (χ3v) is 5.63. The first-order chi connectivity index (χ1) is 12.0. The van der Waals surface area contributed by atoms with Gasteiger partial charge >= 0.3 is 0 Å². The monoisotopic (exact) mass is 420 g/mol. The molecule has 0 saturated carbocycles. The highest BCUT2D eigenvalue weighted by atomic mass is 28.3. The molecule has 27 heavy (non-hydrogen) atoms. The summed E-state index contributed by atoms with van der Waals surface area (Å²) in [5, 5.41) is 0. The molecule has 0 bridgehead atoms. The molecule has 0 nitrogen and oxygen atoms in total. The molecule has 0 aliphatic carbocycles. The van der Waals surface area contributed by atoms with Gasteiger partial charge in [-0.15, -0.1) is 16.6 Å². The Morgan fingerprint density at radius 2 is 0.630 bits per heavy atom. The van der Waals surface area contributed by atoms with E-state index in [-0.39, 0.29) is 0 Å². The first-order valence-electron chi connectivity index (χ1n) is 8.82. The van der Waals surface area contributed by atoms with E-state index >= 15 is 0 Å². The Balaban J connectivity index is 3.90. The van der Waals surface area contributed by atoms with Crippen LogP contribution < -0.4 is 0 Å². The van der Waals surface area contributed by atoms with Gasteiger partial charge < -0.3 is 0 Å². The maximum Gasteiger partial charge on any atom is 0.160 e. The van der Waals surface area contributed by atoms with Crippen LogP contribution in [0.4, 0.5) is 13.2 Å². The van der Waals surface area contributed by atoms with Crippen LogP contribution in [0.15, 0.2) is 0 Å². The van der Waals surface area contributed by atoms with Crippen molar-refractivity contribution in [3.05, 3.63) is 34.1 Å². The average Bonchev–Trinajstić information content (AvgIpc) is 2.43. The van der Waals surface area contributed by atoms with E-state index in [1.54, 1.807) is 0 Å². The zero-order valence-electron chi connectivity index (χ0n) is 17.6. The van der Waals surface area contributed by atoms with E-state index in [9.17, 15) is 13.2 Å². The van der Waals surface area contributed by atoms with Gasteiger partial charge in [0, 0.05) is 0 Å². The first kappa shape index (κ1) is 23.4. The molecule has 0 N–H and O–H groups in total. The second-order valence-electron chi connectivity index (χ2n) is 9.57. The molecule has 0 radical (unpaired) electrons. The van der Waals surface area contributed by atoms with Gasteiger partial charge in [-0.2, -0.15) is 0 Å². The zero-order valence-corrected chi connectivity index (χ0v) is 20.6. The molecular weight excluding hydrogens is 393 g/mol. The van der Waals surface area contributed by atoms with E-state index < -0.39 is 58.4 Å². The fraction of sp³-hybridized carbons (Fsp3) is 0.429. The van der Waals surface area contributed by atoms with Crippen LogP contribution in [-0.4, -0.2) is 24.2 Å². The van der Waals surface area contributed by atoms with Crippen LogP contribution in [0.1, 0.15) is 16.7 Å². The summed E-state index contributed by atoms with van der Waals surface area (Å²) >= 11 is 0. The molecule has 0 heterocycles. The molecule has 0 aliphatic heterocycles.